The van der Waals surface area contributed by atoms with Crippen LogP contribution in [0.4, 0.5) is 0 Å². The van der Waals surface area contributed by atoms with Gasteiger partial charge in [0.15, 0.2) is 0 Å². The van der Waals surface area contributed by atoms with Crippen molar-refractivity contribution >= 4 is 35.0 Å². The molecule has 1 aromatic rings. The minimum atomic E-state index is -0.865. The number of thioether (sulfide) groups is 1. The van der Waals surface area contributed by atoms with Crippen LogP contribution in [0.3, 0.4) is 0 Å². The Morgan fingerprint density at radius 3 is 2.72 bits per heavy atom. The number of aliphatic carboxylic acids is 1. The number of carbonyl (C=O) groups excluding carboxylic acids is 1. The Kier molecular flexibility index (Phi) is 6.21. The van der Waals surface area contributed by atoms with Gasteiger partial charge >= 0.3 is 5.97 Å². The van der Waals surface area contributed by atoms with E-state index in [2.05, 4.69) is 5.32 Å². The molecule has 0 aliphatic carbocycles. The highest BCUT2D eigenvalue weighted by molar-refractivity contribution is 8.01. The van der Waals surface area contributed by atoms with Crippen LogP contribution in [0.1, 0.15) is 13.8 Å². The van der Waals surface area contributed by atoms with Crippen LogP contribution < -0.4 is 5.32 Å². The Balaban J connectivity index is 2.29. The molecule has 1 rings (SSSR count). The minimum Gasteiger partial charge on any atom is -0.481 e. The van der Waals surface area contributed by atoms with Crippen LogP contribution in [-0.2, 0) is 9.59 Å². The predicted molar refractivity (Wildman–Crippen MR) is 74.0 cm³/mol. The lowest BCUT2D eigenvalue weighted by Gasteiger charge is -2.16. The fraction of sp³-hybridized carbons (Fsp3) is 0.500. The molecule has 1 heterocycles. The Hall–Kier alpha value is -1.01. The van der Waals surface area contributed by atoms with Crippen LogP contribution in [0.15, 0.2) is 21.7 Å². The molecule has 0 fully saturated rings. The van der Waals surface area contributed by atoms with E-state index in [0.29, 0.717) is 5.75 Å². The molecular formula is C12H17NO3S2. The fourth-order valence-corrected chi connectivity index (χ4v) is 2.98. The molecule has 4 nitrogen and oxygen atoms in total. The molecule has 6 heteroatoms. The van der Waals surface area contributed by atoms with Crippen LogP contribution in [0.2, 0.25) is 0 Å². The van der Waals surface area contributed by atoms with E-state index in [4.69, 9.17) is 5.11 Å². The molecule has 0 spiro atoms. The van der Waals surface area contributed by atoms with Gasteiger partial charge in [-0.2, -0.15) is 0 Å². The number of carboxylic acid groups (broad SMARTS) is 1. The van der Waals surface area contributed by atoms with Gasteiger partial charge in [0.1, 0.15) is 0 Å². The van der Waals surface area contributed by atoms with E-state index in [1.807, 2.05) is 31.4 Å². The summed E-state index contributed by atoms with van der Waals surface area (Å²) < 4.78 is 1.09. The molecule has 0 bridgehead atoms. The van der Waals surface area contributed by atoms with Gasteiger partial charge in [-0.05, 0) is 17.4 Å². The van der Waals surface area contributed by atoms with E-state index in [0.717, 1.165) is 4.21 Å². The van der Waals surface area contributed by atoms with Crippen LogP contribution >= 0.6 is 23.1 Å². The van der Waals surface area contributed by atoms with Crippen molar-refractivity contribution < 1.29 is 14.7 Å². The maximum atomic E-state index is 11.6. The third-order valence-corrected chi connectivity index (χ3v) is 4.61. The van der Waals surface area contributed by atoms with Crippen molar-refractivity contribution in [3.63, 3.8) is 0 Å². The zero-order chi connectivity index (χ0) is 13.5. The van der Waals surface area contributed by atoms with Crippen molar-refractivity contribution in [3.05, 3.63) is 17.5 Å². The second kappa shape index (κ2) is 7.43. The number of carboxylic acids is 1. The quantitative estimate of drug-likeness (QED) is 0.755. The van der Waals surface area contributed by atoms with Gasteiger partial charge in [0.05, 0.1) is 15.9 Å². The molecule has 18 heavy (non-hydrogen) atoms. The van der Waals surface area contributed by atoms with E-state index >= 15 is 0 Å². The maximum Gasteiger partial charge on any atom is 0.308 e. The molecule has 1 atom stereocenters. The molecule has 2 N–H and O–H groups in total. The van der Waals surface area contributed by atoms with E-state index in [9.17, 15) is 9.59 Å². The Labute approximate surface area is 115 Å². The van der Waals surface area contributed by atoms with Gasteiger partial charge < -0.3 is 10.4 Å². The third-order valence-electron chi connectivity index (χ3n) is 2.48. The Bertz CT molecular complexity index is 390. The van der Waals surface area contributed by atoms with E-state index in [1.54, 1.807) is 11.3 Å². The summed E-state index contributed by atoms with van der Waals surface area (Å²) in [6, 6.07) is 3.89. The topological polar surface area (TPSA) is 66.4 Å². The summed E-state index contributed by atoms with van der Waals surface area (Å²) in [6.07, 6.45) is 0. The lowest BCUT2D eigenvalue weighted by molar-refractivity contribution is -0.143. The molecule has 1 unspecified atom stereocenters. The van der Waals surface area contributed by atoms with Crippen molar-refractivity contribution in [3.8, 4) is 0 Å². The molecule has 0 aliphatic rings. The summed E-state index contributed by atoms with van der Waals surface area (Å²) in [7, 11) is 0. The lowest BCUT2D eigenvalue weighted by atomic mass is 9.96. The zero-order valence-corrected chi connectivity index (χ0v) is 12.0. The second-order valence-corrected chi connectivity index (χ2v) is 6.44. The summed E-state index contributed by atoms with van der Waals surface area (Å²) in [5, 5.41) is 13.6. The van der Waals surface area contributed by atoms with E-state index in [-0.39, 0.29) is 18.4 Å². The standard InChI is InChI=1S/C12H17NO3S2/c1-8(2)9(12(15)16)6-13-10(14)7-18-11-4-3-5-17-11/h3-5,8-9H,6-7H2,1-2H3,(H,13,14)(H,15,16). The molecule has 0 saturated carbocycles. The van der Waals surface area contributed by atoms with Crippen LogP contribution in [0.25, 0.3) is 0 Å². The number of nitrogens with one attached hydrogen (secondary N) is 1. The van der Waals surface area contributed by atoms with Gasteiger partial charge in [0.2, 0.25) is 5.91 Å². The lowest BCUT2D eigenvalue weighted by Crippen LogP contribution is -2.36. The van der Waals surface area contributed by atoms with Gasteiger partial charge in [0.25, 0.3) is 0 Å². The van der Waals surface area contributed by atoms with Gasteiger partial charge in [-0.1, -0.05) is 19.9 Å². The smallest absolute Gasteiger partial charge is 0.308 e. The second-order valence-electron chi connectivity index (χ2n) is 4.21. The van der Waals surface area contributed by atoms with E-state index in [1.165, 1.54) is 11.8 Å². The predicted octanol–water partition coefficient (Wildman–Crippen LogP) is 2.31. The number of thiophene rings is 1. The van der Waals surface area contributed by atoms with Gasteiger partial charge in [0, 0.05) is 6.54 Å². The first-order valence-corrected chi connectivity index (χ1v) is 7.53. The first-order valence-electron chi connectivity index (χ1n) is 5.66. The van der Waals surface area contributed by atoms with Crippen molar-refractivity contribution in [1.29, 1.82) is 0 Å². The molecule has 0 radical (unpaired) electrons. The summed E-state index contributed by atoms with van der Waals surface area (Å²) in [5.74, 6) is -1.18. The van der Waals surface area contributed by atoms with Crippen molar-refractivity contribution in [2.24, 2.45) is 11.8 Å². The molecule has 1 amide bonds. The van der Waals surface area contributed by atoms with Gasteiger partial charge in [-0.15, -0.1) is 23.1 Å². The SMILES string of the molecule is CC(C)C(CNC(=O)CSc1cccs1)C(=O)O. The highest BCUT2D eigenvalue weighted by Gasteiger charge is 2.21. The normalized spacial score (nSPS) is 12.4. The first-order chi connectivity index (χ1) is 8.50. The number of amides is 1. The first kappa shape index (κ1) is 15.0. The number of hydrogen-bond donors (Lipinski definition) is 2. The van der Waals surface area contributed by atoms with Crippen molar-refractivity contribution in [2.45, 2.75) is 18.1 Å². The Morgan fingerprint density at radius 2 is 2.22 bits per heavy atom. The Morgan fingerprint density at radius 1 is 1.50 bits per heavy atom. The zero-order valence-electron chi connectivity index (χ0n) is 10.4. The van der Waals surface area contributed by atoms with Crippen LogP contribution in [0, 0.1) is 11.8 Å². The maximum absolute atomic E-state index is 11.6. The summed E-state index contributed by atoms with van der Waals surface area (Å²) in [6.45, 7) is 3.87. The summed E-state index contributed by atoms with van der Waals surface area (Å²) in [4.78, 5) is 22.5. The largest absolute Gasteiger partial charge is 0.481 e. The monoisotopic (exact) mass is 287 g/mol. The minimum absolute atomic E-state index is 0.00718. The van der Waals surface area contributed by atoms with Crippen molar-refractivity contribution in [1.82, 2.24) is 5.32 Å². The molecule has 0 aromatic carbocycles. The molecular weight excluding hydrogens is 270 g/mol. The number of carbonyl (C=O) groups is 2. The molecule has 0 aliphatic heterocycles. The van der Waals surface area contributed by atoms with Crippen LogP contribution in [0.5, 0.6) is 0 Å². The highest BCUT2D eigenvalue weighted by Crippen LogP contribution is 2.22. The average Bonchev–Trinajstić information content (AvgIpc) is 2.78. The van der Waals surface area contributed by atoms with Gasteiger partial charge in [-0.25, -0.2) is 0 Å². The van der Waals surface area contributed by atoms with Crippen molar-refractivity contribution in [2.75, 3.05) is 12.3 Å². The summed E-state index contributed by atoms with van der Waals surface area (Å²) >= 11 is 3.05. The average molecular weight is 287 g/mol. The molecule has 1 aromatic heterocycles. The highest BCUT2D eigenvalue weighted by atomic mass is 32.2. The fourth-order valence-electron chi connectivity index (χ4n) is 1.37. The van der Waals surface area contributed by atoms with Gasteiger partial charge in [-0.3, -0.25) is 9.59 Å². The van der Waals surface area contributed by atoms with E-state index < -0.39 is 11.9 Å². The molecule has 100 valence electrons. The summed E-state index contributed by atoms with van der Waals surface area (Å²) in [5.41, 5.74) is 0. The third kappa shape index (κ3) is 5.10. The number of rotatable bonds is 7. The molecule has 0 saturated heterocycles. The number of hydrogen-bond acceptors (Lipinski definition) is 4. The van der Waals surface area contributed by atoms with Crippen LogP contribution in [-0.4, -0.2) is 29.3 Å².